The smallest absolute Gasteiger partial charge is 0.263 e. The van der Waals surface area contributed by atoms with Gasteiger partial charge in [-0.15, -0.1) is 0 Å². The number of Topliss-reactive ketones (excluding diaryl/α,β-unsaturated/α-hetero) is 1. The Bertz CT molecular complexity index is 1350. The molecule has 0 atom stereocenters. The summed E-state index contributed by atoms with van der Waals surface area (Å²) in [5.41, 5.74) is 1.04. The number of anilines is 2. The van der Waals surface area contributed by atoms with E-state index in [1.165, 1.54) is 31.3 Å². The maximum atomic E-state index is 12.9. The molecule has 3 heterocycles. The number of benzene rings is 1. The van der Waals surface area contributed by atoms with Crippen LogP contribution in [-0.4, -0.2) is 73.2 Å². The van der Waals surface area contributed by atoms with Crippen LogP contribution in [-0.2, 0) is 14.8 Å². The molecule has 35 heavy (non-hydrogen) atoms. The van der Waals surface area contributed by atoms with Gasteiger partial charge in [-0.2, -0.15) is 0 Å². The summed E-state index contributed by atoms with van der Waals surface area (Å²) in [6.07, 6.45) is 2.37. The number of ketones is 1. The summed E-state index contributed by atoms with van der Waals surface area (Å²) >= 11 is 0.919. The van der Waals surface area contributed by atoms with Gasteiger partial charge < -0.3 is 9.80 Å². The first-order chi connectivity index (χ1) is 16.7. The summed E-state index contributed by atoms with van der Waals surface area (Å²) < 4.78 is 28.3. The molecular formula is C24H27N5O4S2. The highest BCUT2D eigenvalue weighted by molar-refractivity contribution is 8.14. The fraction of sp³-hybridized carbons (Fsp3) is 0.333. The lowest BCUT2D eigenvalue weighted by Gasteiger charge is -2.22. The van der Waals surface area contributed by atoms with Crippen LogP contribution in [0.3, 0.4) is 0 Å². The van der Waals surface area contributed by atoms with Crippen LogP contribution in [0.5, 0.6) is 0 Å². The number of likely N-dealkylation sites (N-methyl/N-ethyl adjacent to an activating group) is 1. The second kappa shape index (κ2) is 10.7. The van der Waals surface area contributed by atoms with Gasteiger partial charge in [0.05, 0.1) is 16.2 Å². The Morgan fingerprint density at radius 2 is 1.89 bits per heavy atom. The van der Waals surface area contributed by atoms with Crippen LogP contribution in [0.1, 0.15) is 23.7 Å². The Hall–Kier alpha value is -3.02. The van der Waals surface area contributed by atoms with Gasteiger partial charge in [-0.1, -0.05) is 11.8 Å². The molecule has 0 bridgehead atoms. The van der Waals surface area contributed by atoms with E-state index in [9.17, 15) is 18.0 Å². The van der Waals surface area contributed by atoms with Gasteiger partial charge >= 0.3 is 0 Å². The van der Waals surface area contributed by atoms with Gasteiger partial charge in [0.15, 0.2) is 10.9 Å². The number of pyridine rings is 2. The average Bonchev–Trinajstić information content (AvgIpc) is 3.06. The molecule has 1 aromatic carbocycles. The van der Waals surface area contributed by atoms with Crippen molar-refractivity contribution in [3.8, 4) is 0 Å². The normalized spacial score (nSPS) is 15.1. The van der Waals surface area contributed by atoms with E-state index >= 15 is 0 Å². The molecule has 2 aromatic heterocycles. The molecule has 0 unspecified atom stereocenters. The fourth-order valence-electron chi connectivity index (χ4n) is 3.78. The number of carbonyl (C=O) groups is 2. The van der Waals surface area contributed by atoms with E-state index in [4.69, 9.17) is 4.98 Å². The zero-order valence-electron chi connectivity index (χ0n) is 19.6. The minimum absolute atomic E-state index is 0.0176. The SMILES string of the molecule is CC(=O)SCC(=O)c1ccc(NS(=O)(=O)c2ccc3nc(N4CCCN(C)CC4)ccc3c2)nc1. The number of sulfonamides is 1. The Labute approximate surface area is 209 Å². The minimum Gasteiger partial charge on any atom is -0.355 e. The second-order valence-corrected chi connectivity index (χ2v) is 11.2. The molecule has 0 radical (unpaired) electrons. The number of fused-ring (bicyclic) bond motifs is 1. The first kappa shape index (κ1) is 25.1. The van der Waals surface area contributed by atoms with Gasteiger partial charge in [0.25, 0.3) is 10.0 Å². The van der Waals surface area contributed by atoms with Gasteiger partial charge in [-0.25, -0.2) is 18.4 Å². The van der Waals surface area contributed by atoms with Gasteiger partial charge in [0.2, 0.25) is 0 Å². The highest BCUT2D eigenvalue weighted by atomic mass is 32.2. The molecule has 1 saturated heterocycles. The Morgan fingerprint density at radius 3 is 2.63 bits per heavy atom. The summed E-state index contributed by atoms with van der Waals surface area (Å²) in [5.74, 6) is 0.757. The van der Waals surface area contributed by atoms with Gasteiger partial charge in [-0.3, -0.25) is 14.3 Å². The van der Waals surface area contributed by atoms with Gasteiger partial charge in [0, 0.05) is 43.7 Å². The minimum atomic E-state index is -3.89. The van der Waals surface area contributed by atoms with Gasteiger partial charge in [-0.05, 0) is 62.5 Å². The molecule has 1 aliphatic heterocycles. The van der Waals surface area contributed by atoms with E-state index in [1.54, 1.807) is 12.1 Å². The van der Waals surface area contributed by atoms with E-state index in [-0.39, 0.29) is 27.4 Å². The molecule has 0 amide bonds. The molecule has 184 valence electrons. The van der Waals surface area contributed by atoms with Crippen molar-refractivity contribution in [1.82, 2.24) is 14.9 Å². The summed E-state index contributed by atoms with van der Waals surface area (Å²) in [7, 11) is -1.77. The van der Waals surface area contributed by atoms with Crippen LogP contribution in [0, 0.1) is 0 Å². The molecule has 9 nitrogen and oxygen atoms in total. The largest absolute Gasteiger partial charge is 0.355 e. The van der Waals surface area contributed by atoms with Crippen molar-refractivity contribution in [3.63, 3.8) is 0 Å². The summed E-state index contributed by atoms with van der Waals surface area (Å²) in [5, 5.41) is 0.577. The third-order valence-corrected chi connectivity index (χ3v) is 7.90. The Morgan fingerprint density at radius 1 is 1.06 bits per heavy atom. The fourth-order valence-corrected chi connectivity index (χ4v) is 5.32. The molecule has 0 saturated carbocycles. The highest BCUT2D eigenvalue weighted by Crippen LogP contribution is 2.23. The molecule has 1 fully saturated rings. The zero-order chi connectivity index (χ0) is 25.0. The number of thioether (sulfide) groups is 1. The van der Waals surface area contributed by atoms with E-state index in [0.717, 1.165) is 61.1 Å². The summed E-state index contributed by atoms with van der Waals surface area (Å²) in [6.45, 7) is 5.27. The number of rotatable bonds is 7. The summed E-state index contributed by atoms with van der Waals surface area (Å²) in [6, 6.07) is 11.6. The second-order valence-electron chi connectivity index (χ2n) is 8.41. The molecule has 0 aliphatic carbocycles. The topological polar surface area (TPSA) is 113 Å². The predicted molar refractivity (Wildman–Crippen MR) is 139 cm³/mol. The zero-order valence-corrected chi connectivity index (χ0v) is 21.2. The molecule has 3 aromatic rings. The quantitative estimate of drug-likeness (QED) is 0.476. The van der Waals surface area contributed by atoms with Crippen LogP contribution in [0.15, 0.2) is 53.6 Å². The molecule has 1 aliphatic rings. The molecule has 1 N–H and O–H groups in total. The van der Waals surface area contributed by atoms with Crippen molar-refractivity contribution < 1.29 is 18.0 Å². The standard InChI is InChI=1S/C24H27N5O4S2/c1-17(30)34-16-22(31)19-4-8-23(25-15-19)27-35(32,33)20-6-7-21-18(14-20)5-9-24(26-21)29-11-3-10-28(2)12-13-29/h4-9,14-15H,3,10-13,16H2,1-2H3,(H,25,27). The predicted octanol–water partition coefficient (Wildman–Crippen LogP) is 3.03. The van der Waals surface area contributed by atoms with Crippen LogP contribution >= 0.6 is 11.8 Å². The molecule has 0 spiro atoms. The maximum absolute atomic E-state index is 12.9. The number of carbonyl (C=O) groups excluding carboxylic acids is 2. The highest BCUT2D eigenvalue weighted by Gasteiger charge is 2.18. The van der Waals surface area contributed by atoms with Crippen LogP contribution < -0.4 is 9.62 Å². The van der Waals surface area contributed by atoms with E-state index in [2.05, 4.69) is 26.6 Å². The van der Waals surface area contributed by atoms with E-state index in [1.807, 2.05) is 12.1 Å². The van der Waals surface area contributed by atoms with Crippen molar-refractivity contribution in [1.29, 1.82) is 0 Å². The van der Waals surface area contributed by atoms with Crippen molar-refractivity contribution in [3.05, 3.63) is 54.2 Å². The monoisotopic (exact) mass is 513 g/mol. The molecular weight excluding hydrogens is 486 g/mol. The number of hydrogen-bond acceptors (Lipinski definition) is 9. The van der Waals surface area contributed by atoms with Crippen molar-refractivity contribution in [2.45, 2.75) is 18.2 Å². The first-order valence-electron chi connectivity index (χ1n) is 11.2. The van der Waals surface area contributed by atoms with Crippen LogP contribution in [0.2, 0.25) is 0 Å². The number of nitrogens with one attached hydrogen (secondary N) is 1. The third kappa shape index (κ3) is 6.36. The van der Waals surface area contributed by atoms with E-state index < -0.39 is 10.0 Å². The molecule has 4 rings (SSSR count). The first-order valence-corrected chi connectivity index (χ1v) is 13.7. The number of hydrogen-bond donors (Lipinski definition) is 1. The van der Waals surface area contributed by atoms with Crippen molar-refractivity contribution in [2.24, 2.45) is 0 Å². The van der Waals surface area contributed by atoms with Crippen LogP contribution in [0.25, 0.3) is 10.9 Å². The van der Waals surface area contributed by atoms with Gasteiger partial charge in [0.1, 0.15) is 11.6 Å². The Balaban J connectivity index is 1.48. The maximum Gasteiger partial charge on any atom is 0.263 e. The lowest BCUT2D eigenvalue weighted by atomic mass is 10.2. The number of aromatic nitrogens is 2. The van der Waals surface area contributed by atoms with Crippen LogP contribution in [0.4, 0.5) is 11.6 Å². The lowest BCUT2D eigenvalue weighted by molar-refractivity contribution is -0.109. The summed E-state index contributed by atoms with van der Waals surface area (Å²) in [4.78, 5) is 36.6. The Kier molecular flexibility index (Phi) is 7.68. The average molecular weight is 514 g/mol. The number of nitrogens with zero attached hydrogens (tertiary/aromatic N) is 4. The van der Waals surface area contributed by atoms with Crippen molar-refractivity contribution >= 4 is 55.2 Å². The van der Waals surface area contributed by atoms with E-state index in [0.29, 0.717) is 5.56 Å². The lowest BCUT2D eigenvalue weighted by Crippen LogP contribution is -2.29. The van der Waals surface area contributed by atoms with Crippen molar-refractivity contribution in [2.75, 3.05) is 48.6 Å². The third-order valence-electron chi connectivity index (χ3n) is 5.73. The molecule has 11 heteroatoms.